The third-order valence-electron chi connectivity index (χ3n) is 2.62. The summed E-state index contributed by atoms with van der Waals surface area (Å²) in [7, 11) is 1.57. The molecule has 102 valence electrons. The first-order valence-electron chi connectivity index (χ1n) is 5.57. The maximum absolute atomic E-state index is 12.5. The van der Waals surface area contributed by atoms with E-state index in [9.17, 15) is 13.2 Å². The summed E-state index contributed by atoms with van der Waals surface area (Å²) in [5.74, 6) is 0.519. The number of hydrogen-bond acceptors (Lipinski definition) is 3. The predicted octanol–water partition coefficient (Wildman–Crippen LogP) is 2.61. The molecule has 1 heterocycles. The zero-order valence-corrected chi connectivity index (χ0v) is 10.2. The summed E-state index contributed by atoms with van der Waals surface area (Å²) in [6.07, 6.45) is -2.81. The molecule has 1 aromatic heterocycles. The van der Waals surface area contributed by atoms with Gasteiger partial charge in [0.05, 0.1) is 12.2 Å². The van der Waals surface area contributed by atoms with E-state index < -0.39 is 11.7 Å². The molecule has 0 spiro atoms. The van der Waals surface area contributed by atoms with Crippen LogP contribution in [-0.4, -0.2) is 28.5 Å². The van der Waals surface area contributed by atoms with Crippen molar-refractivity contribution < 1.29 is 17.9 Å². The minimum Gasteiger partial charge on any atom is -0.383 e. The second kappa shape index (κ2) is 5.40. The van der Waals surface area contributed by atoms with Gasteiger partial charge in [-0.15, -0.1) is 10.2 Å². The number of nitrogens with zero attached hydrogens (tertiary/aromatic N) is 3. The van der Waals surface area contributed by atoms with E-state index in [-0.39, 0.29) is 0 Å². The average molecular weight is 271 g/mol. The lowest BCUT2D eigenvalue weighted by molar-refractivity contribution is -0.137. The number of benzene rings is 1. The van der Waals surface area contributed by atoms with Crippen molar-refractivity contribution in [2.75, 3.05) is 13.7 Å². The Morgan fingerprint density at radius 3 is 2.47 bits per heavy atom. The summed E-state index contributed by atoms with van der Waals surface area (Å²) in [4.78, 5) is 0. The van der Waals surface area contributed by atoms with Crippen molar-refractivity contribution in [1.29, 1.82) is 0 Å². The van der Waals surface area contributed by atoms with E-state index in [2.05, 4.69) is 10.2 Å². The van der Waals surface area contributed by atoms with Gasteiger partial charge in [-0.05, 0) is 12.1 Å². The molecule has 19 heavy (non-hydrogen) atoms. The molecule has 0 atom stereocenters. The molecular weight excluding hydrogens is 259 g/mol. The molecule has 0 aliphatic heterocycles. The Bertz CT molecular complexity index is 534. The Balaban J connectivity index is 2.25. The number of alkyl halides is 3. The zero-order valence-electron chi connectivity index (χ0n) is 10.2. The van der Waals surface area contributed by atoms with Crippen LogP contribution in [0.4, 0.5) is 13.2 Å². The van der Waals surface area contributed by atoms with Crippen molar-refractivity contribution in [2.24, 2.45) is 0 Å². The highest BCUT2D eigenvalue weighted by Crippen LogP contribution is 2.30. The molecule has 0 radical (unpaired) electrons. The molecule has 0 saturated heterocycles. The number of methoxy groups -OCH3 is 1. The Labute approximate surface area is 107 Å². The normalized spacial score (nSPS) is 11.8. The minimum absolute atomic E-state index is 0.478. The van der Waals surface area contributed by atoms with Gasteiger partial charge in [0.25, 0.3) is 0 Å². The Morgan fingerprint density at radius 2 is 1.89 bits per heavy atom. The first kappa shape index (κ1) is 13.5. The van der Waals surface area contributed by atoms with Crippen LogP contribution in [-0.2, 0) is 17.5 Å². The lowest BCUT2D eigenvalue weighted by Crippen LogP contribution is -2.06. The van der Waals surface area contributed by atoms with Crippen molar-refractivity contribution in [3.63, 3.8) is 0 Å². The molecule has 0 aliphatic rings. The summed E-state index contributed by atoms with van der Waals surface area (Å²) in [5, 5.41) is 7.67. The molecule has 0 fully saturated rings. The van der Waals surface area contributed by atoms with E-state index in [1.807, 2.05) is 0 Å². The number of ether oxygens (including phenoxy) is 1. The van der Waals surface area contributed by atoms with E-state index in [0.717, 1.165) is 12.1 Å². The number of halogens is 3. The van der Waals surface area contributed by atoms with Gasteiger partial charge in [-0.2, -0.15) is 13.2 Å². The van der Waals surface area contributed by atoms with E-state index in [4.69, 9.17) is 4.74 Å². The summed E-state index contributed by atoms with van der Waals surface area (Å²) in [6.45, 7) is 1.02. The van der Waals surface area contributed by atoms with Gasteiger partial charge < -0.3 is 9.30 Å². The second-order valence-corrected chi connectivity index (χ2v) is 3.92. The molecule has 0 amide bonds. The maximum Gasteiger partial charge on any atom is 0.416 e. The third-order valence-corrected chi connectivity index (χ3v) is 2.62. The lowest BCUT2D eigenvalue weighted by Gasteiger charge is -2.08. The molecule has 0 bridgehead atoms. The molecule has 2 aromatic rings. The van der Waals surface area contributed by atoms with Gasteiger partial charge in [0, 0.05) is 19.2 Å². The number of aromatic nitrogens is 3. The quantitative estimate of drug-likeness (QED) is 0.858. The van der Waals surface area contributed by atoms with Gasteiger partial charge in [0.2, 0.25) is 0 Å². The Kier molecular flexibility index (Phi) is 3.84. The van der Waals surface area contributed by atoms with E-state index >= 15 is 0 Å². The van der Waals surface area contributed by atoms with Gasteiger partial charge in [-0.1, -0.05) is 12.1 Å². The van der Waals surface area contributed by atoms with E-state index in [1.165, 1.54) is 18.5 Å². The van der Waals surface area contributed by atoms with Crippen LogP contribution in [0.2, 0.25) is 0 Å². The number of rotatable bonds is 4. The van der Waals surface area contributed by atoms with Gasteiger partial charge in [0.15, 0.2) is 5.82 Å². The summed E-state index contributed by atoms with van der Waals surface area (Å²) in [6, 6.07) is 4.83. The highest BCUT2D eigenvalue weighted by molar-refractivity contribution is 5.55. The topological polar surface area (TPSA) is 39.9 Å². The molecular formula is C12H12F3N3O. The van der Waals surface area contributed by atoms with E-state index in [1.54, 1.807) is 11.7 Å². The van der Waals surface area contributed by atoms with Crippen LogP contribution in [0.5, 0.6) is 0 Å². The predicted molar refractivity (Wildman–Crippen MR) is 62.3 cm³/mol. The van der Waals surface area contributed by atoms with Crippen molar-refractivity contribution in [3.8, 4) is 11.4 Å². The van der Waals surface area contributed by atoms with Crippen LogP contribution in [0.15, 0.2) is 30.6 Å². The first-order chi connectivity index (χ1) is 9.02. The standard InChI is InChI=1S/C12H12F3N3O/c1-19-7-6-18-8-16-17-11(18)9-2-4-10(5-3-9)12(13,14)15/h2-5,8H,6-7H2,1H3. The summed E-state index contributed by atoms with van der Waals surface area (Å²) >= 11 is 0. The van der Waals surface area contributed by atoms with Crippen molar-refractivity contribution in [2.45, 2.75) is 12.7 Å². The fourth-order valence-electron chi connectivity index (χ4n) is 1.64. The number of hydrogen-bond donors (Lipinski definition) is 0. The van der Waals surface area contributed by atoms with Crippen LogP contribution in [0.1, 0.15) is 5.56 Å². The van der Waals surface area contributed by atoms with Crippen LogP contribution < -0.4 is 0 Å². The van der Waals surface area contributed by atoms with Crippen LogP contribution in [0.3, 0.4) is 0 Å². The van der Waals surface area contributed by atoms with Gasteiger partial charge in [-0.25, -0.2) is 0 Å². The highest BCUT2D eigenvalue weighted by Gasteiger charge is 2.30. The maximum atomic E-state index is 12.5. The Morgan fingerprint density at radius 1 is 1.21 bits per heavy atom. The third kappa shape index (κ3) is 3.11. The van der Waals surface area contributed by atoms with Crippen molar-refractivity contribution in [1.82, 2.24) is 14.8 Å². The largest absolute Gasteiger partial charge is 0.416 e. The second-order valence-electron chi connectivity index (χ2n) is 3.92. The van der Waals surface area contributed by atoms with Gasteiger partial charge in [0.1, 0.15) is 6.33 Å². The van der Waals surface area contributed by atoms with Crippen molar-refractivity contribution in [3.05, 3.63) is 36.2 Å². The molecule has 4 nitrogen and oxygen atoms in total. The molecule has 0 aliphatic carbocycles. The van der Waals surface area contributed by atoms with Crippen LogP contribution in [0.25, 0.3) is 11.4 Å². The summed E-state index contributed by atoms with van der Waals surface area (Å²) in [5.41, 5.74) is -0.0965. The summed E-state index contributed by atoms with van der Waals surface area (Å²) < 4.78 is 44.0. The van der Waals surface area contributed by atoms with Crippen LogP contribution >= 0.6 is 0 Å². The monoisotopic (exact) mass is 271 g/mol. The fraction of sp³-hybridized carbons (Fsp3) is 0.333. The molecule has 1 aromatic carbocycles. The van der Waals surface area contributed by atoms with Crippen LogP contribution in [0, 0.1) is 0 Å². The van der Waals surface area contributed by atoms with Crippen molar-refractivity contribution >= 4 is 0 Å². The Hall–Kier alpha value is -1.89. The lowest BCUT2D eigenvalue weighted by atomic mass is 10.1. The SMILES string of the molecule is COCCn1cnnc1-c1ccc(C(F)(F)F)cc1. The molecule has 0 saturated carbocycles. The molecule has 0 N–H and O–H groups in total. The smallest absolute Gasteiger partial charge is 0.383 e. The average Bonchev–Trinajstić information content (AvgIpc) is 2.83. The molecule has 2 rings (SSSR count). The first-order valence-corrected chi connectivity index (χ1v) is 5.57. The van der Waals surface area contributed by atoms with Gasteiger partial charge >= 0.3 is 6.18 Å². The highest BCUT2D eigenvalue weighted by atomic mass is 19.4. The van der Waals surface area contributed by atoms with E-state index in [0.29, 0.717) is 24.5 Å². The van der Waals surface area contributed by atoms with Gasteiger partial charge in [-0.3, -0.25) is 0 Å². The minimum atomic E-state index is -4.33. The fourth-order valence-corrected chi connectivity index (χ4v) is 1.64. The zero-order chi connectivity index (χ0) is 13.9. The molecule has 0 unspecified atom stereocenters. The molecule has 7 heteroatoms.